The van der Waals surface area contributed by atoms with Crippen molar-refractivity contribution in [3.05, 3.63) is 35.4 Å². The van der Waals surface area contributed by atoms with Gasteiger partial charge in [-0.1, -0.05) is 24.3 Å². The van der Waals surface area contributed by atoms with E-state index < -0.39 is 30.2 Å². The maximum Gasteiger partial charge on any atom is 0.335 e. The number of aliphatic carboxylic acids is 1. The number of carboxylic acid groups (broad SMARTS) is 1. The van der Waals surface area contributed by atoms with Gasteiger partial charge in [-0.2, -0.15) is 0 Å². The highest BCUT2D eigenvalue weighted by Gasteiger charge is 2.28. The maximum absolute atomic E-state index is 12.5. The van der Waals surface area contributed by atoms with Crippen molar-refractivity contribution in [2.75, 3.05) is 0 Å². The second-order valence-corrected chi connectivity index (χ2v) is 3.16. The van der Waals surface area contributed by atoms with Gasteiger partial charge < -0.3 is 15.3 Å². The van der Waals surface area contributed by atoms with E-state index in [1.54, 1.807) is 0 Å². The third kappa shape index (κ3) is 2.53. The quantitative estimate of drug-likeness (QED) is 0.726. The van der Waals surface area contributed by atoms with Crippen LogP contribution in [0.2, 0.25) is 0 Å². The van der Waals surface area contributed by atoms with Crippen LogP contribution in [0.15, 0.2) is 24.3 Å². The second-order valence-electron chi connectivity index (χ2n) is 3.16. The molecule has 2 unspecified atom stereocenters. The molecule has 0 saturated carbocycles. The van der Waals surface area contributed by atoms with Gasteiger partial charge in [-0.15, -0.1) is 0 Å². The predicted molar refractivity (Wildman–Crippen MR) is 50.0 cm³/mol. The van der Waals surface area contributed by atoms with Gasteiger partial charge in [0.25, 0.3) is 6.43 Å². The average Bonchev–Trinajstić information content (AvgIpc) is 2.26. The Balaban J connectivity index is 3.07. The van der Waals surface area contributed by atoms with Crippen LogP contribution in [0.3, 0.4) is 0 Å². The fourth-order valence-electron chi connectivity index (χ4n) is 1.28. The van der Waals surface area contributed by atoms with Gasteiger partial charge in [-0.3, -0.25) is 0 Å². The third-order valence-corrected chi connectivity index (χ3v) is 2.10. The van der Waals surface area contributed by atoms with Crippen LogP contribution < -0.4 is 0 Å². The first-order chi connectivity index (χ1) is 7.45. The first-order valence-electron chi connectivity index (χ1n) is 4.41. The number of rotatable bonds is 4. The summed E-state index contributed by atoms with van der Waals surface area (Å²) < 4.78 is 25.0. The van der Waals surface area contributed by atoms with Crippen LogP contribution in [0.5, 0.6) is 0 Å². The summed E-state index contributed by atoms with van der Waals surface area (Å²) in [5.41, 5.74) is -0.775. The highest BCUT2D eigenvalue weighted by atomic mass is 19.3. The molecule has 3 N–H and O–H groups in total. The minimum atomic E-state index is -2.84. The molecule has 0 aliphatic carbocycles. The second kappa shape index (κ2) is 5.00. The van der Waals surface area contributed by atoms with E-state index in [4.69, 9.17) is 10.2 Å². The molecule has 88 valence electrons. The van der Waals surface area contributed by atoms with Gasteiger partial charge >= 0.3 is 5.97 Å². The van der Waals surface area contributed by atoms with E-state index in [1.807, 2.05) is 0 Å². The van der Waals surface area contributed by atoms with Crippen LogP contribution in [0, 0.1) is 0 Å². The van der Waals surface area contributed by atoms with Crippen molar-refractivity contribution in [1.82, 2.24) is 0 Å². The topological polar surface area (TPSA) is 77.8 Å². The SMILES string of the molecule is O=C(O)C(O)C(O)c1ccccc1C(F)F. The number of aliphatic hydroxyl groups excluding tert-OH is 2. The molecule has 6 heteroatoms. The molecular weight excluding hydrogens is 222 g/mol. The lowest BCUT2D eigenvalue weighted by Crippen LogP contribution is -2.28. The molecule has 0 saturated heterocycles. The van der Waals surface area contributed by atoms with Gasteiger partial charge in [0.1, 0.15) is 6.10 Å². The van der Waals surface area contributed by atoms with Gasteiger partial charge in [-0.25, -0.2) is 13.6 Å². The number of carboxylic acids is 1. The van der Waals surface area contributed by atoms with E-state index in [0.29, 0.717) is 0 Å². The Bertz CT molecular complexity index is 381. The van der Waals surface area contributed by atoms with E-state index in [9.17, 15) is 18.7 Å². The Morgan fingerprint density at radius 3 is 2.06 bits per heavy atom. The van der Waals surface area contributed by atoms with Crippen LogP contribution >= 0.6 is 0 Å². The van der Waals surface area contributed by atoms with Crippen LogP contribution in [0.1, 0.15) is 23.7 Å². The van der Waals surface area contributed by atoms with Crippen molar-refractivity contribution >= 4 is 5.97 Å². The van der Waals surface area contributed by atoms with Crippen molar-refractivity contribution in [2.24, 2.45) is 0 Å². The summed E-state index contributed by atoms with van der Waals surface area (Å²) in [4.78, 5) is 10.4. The van der Waals surface area contributed by atoms with Gasteiger partial charge in [0.15, 0.2) is 6.10 Å². The highest BCUT2D eigenvalue weighted by Crippen LogP contribution is 2.28. The molecule has 1 aromatic rings. The zero-order valence-electron chi connectivity index (χ0n) is 8.05. The van der Waals surface area contributed by atoms with Crippen LogP contribution in [-0.4, -0.2) is 27.4 Å². The van der Waals surface area contributed by atoms with E-state index >= 15 is 0 Å². The lowest BCUT2D eigenvalue weighted by atomic mass is 9.99. The molecule has 2 atom stereocenters. The third-order valence-electron chi connectivity index (χ3n) is 2.10. The number of hydrogen-bond acceptors (Lipinski definition) is 3. The van der Waals surface area contributed by atoms with Crippen molar-refractivity contribution < 1.29 is 28.9 Å². The zero-order chi connectivity index (χ0) is 12.3. The summed E-state index contributed by atoms with van der Waals surface area (Å²) in [5, 5.41) is 26.9. The number of carbonyl (C=O) groups is 1. The molecular formula is C10H10F2O4. The molecule has 0 fully saturated rings. The molecule has 16 heavy (non-hydrogen) atoms. The molecule has 0 spiro atoms. The normalized spacial score (nSPS) is 14.8. The van der Waals surface area contributed by atoms with Gasteiger partial charge in [-0.05, 0) is 5.56 Å². The van der Waals surface area contributed by atoms with Crippen molar-refractivity contribution in [3.63, 3.8) is 0 Å². The summed E-state index contributed by atoms with van der Waals surface area (Å²) in [6.45, 7) is 0. The van der Waals surface area contributed by atoms with Crippen LogP contribution in [0.25, 0.3) is 0 Å². The first kappa shape index (κ1) is 12.5. The van der Waals surface area contributed by atoms with Gasteiger partial charge in [0, 0.05) is 5.56 Å². The monoisotopic (exact) mass is 232 g/mol. The fraction of sp³-hybridized carbons (Fsp3) is 0.300. The molecule has 0 aliphatic heterocycles. The summed E-state index contributed by atoms with van der Waals surface area (Å²) in [7, 11) is 0. The largest absolute Gasteiger partial charge is 0.479 e. The molecule has 0 radical (unpaired) electrons. The molecule has 4 nitrogen and oxygen atoms in total. The molecule has 1 rings (SSSR count). The smallest absolute Gasteiger partial charge is 0.335 e. The summed E-state index contributed by atoms with van der Waals surface area (Å²) in [6.07, 6.45) is -6.84. The van der Waals surface area contributed by atoms with E-state index in [0.717, 1.165) is 12.1 Å². The first-order valence-corrected chi connectivity index (χ1v) is 4.41. The van der Waals surface area contributed by atoms with Crippen molar-refractivity contribution in [1.29, 1.82) is 0 Å². The zero-order valence-corrected chi connectivity index (χ0v) is 8.05. The molecule has 0 bridgehead atoms. The number of hydrogen-bond donors (Lipinski definition) is 3. The minimum absolute atomic E-state index is 0.285. The van der Waals surface area contributed by atoms with E-state index in [-0.39, 0.29) is 5.56 Å². The molecule has 0 aromatic heterocycles. The average molecular weight is 232 g/mol. The highest BCUT2D eigenvalue weighted by molar-refractivity contribution is 5.73. The molecule has 0 amide bonds. The number of alkyl halides is 2. The summed E-state index contributed by atoms with van der Waals surface area (Å²) in [5.74, 6) is -1.67. The van der Waals surface area contributed by atoms with Crippen LogP contribution in [-0.2, 0) is 4.79 Å². The van der Waals surface area contributed by atoms with E-state index in [2.05, 4.69) is 0 Å². The Morgan fingerprint density at radius 1 is 1.12 bits per heavy atom. The summed E-state index contributed by atoms with van der Waals surface area (Å²) >= 11 is 0. The van der Waals surface area contributed by atoms with Crippen LogP contribution in [0.4, 0.5) is 8.78 Å². The Kier molecular flexibility index (Phi) is 3.92. The standard InChI is InChI=1S/C10H10F2O4/c11-9(12)6-4-2-1-3-5(6)7(13)8(14)10(15)16/h1-4,7-9,13-14H,(H,15,16). The molecule has 0 heterocycles. The van der Waals surface area contributed by atoms with E-state index in [1.165, 1.54) is 12.1 Å². The number of benzene rings is 1. The van der Waals surface area contributed by atoms with Crippen molar-refractivity contribution in [3.8, 4) is 0 Å². The predicted octanol–water partition coefficient (Wildman–Crippen LogP) is 1.10. The Labute approximate surface area is 89.8 Å². The summed E-state index contributed by atoms with van der Waals surface area (Å²) in [6, 6.07) is 4.93. The molecule has 0 aliphatic rings. The van der Waals surface area contributed by atoms with Gasteiger partial charge in [0.2, 0.25) is 0 Å². The molecule has 1 aromatic carbocycles. The number of aliphatic hydroxyl groups is 2. The van der Waals surface area contributed by atoms with Crippen molar-refractivity contribution in [2.45, 2.75) is 18.6 Å². The van der Waals surface area contributed by atoms with Gasteiger partial charge in [0.05, 0.1) is 0 Å². The Morgan fingerprint density at radius 2 is 1.62 bits per heavy atom. The maximum atomic E-state index is 12.5. The lowest BCUT2D eigenvalue weighted by molar-refractivity contribution is -0.153. The lowest BCUT2D eigenvalue weighted by Gasteiger charge is -2.17. The number of halogens is 2. The minimum Gasteiger partial charge on any atom is -0.479 e. The Hall–Kier alpha value is -1.53. The fourth-order valence-corrected chi connectivity index (χ4v) is 1.28.